The molecule has 0 saturated carbocycles. The van der Waals surface area contributed by atoms with Crippen molar-refractivity contribution in [2.75, 3.05) is 32.7 Å². The fourth-order valence-electron chi connectivity index (χ4n) is 4.28. The van der Waals surface area contributed by atoms with Crippen molar-refractivity contribution in [3.05, 3.63) is 71.3 Å². The summed E-state index contributed by atoms with van der Waals surface area (Å²) in [5, 5.41) is 11.4. The maximum absolute atomic E-state index is 13.9. The van der Waals surface area contributed by atoms with E-state index in [0.717, 1.165) is 30.4 Å². The van der Waals surface area contributed by atoms with Gasteiger partial charge < -0.3 is 10.2 Å². The van der Waals surface area contributed by atoms with Crippen molar-refractivity contribution in [3.8, 4) is 0 Å². The molecule has 2 aromatic carbocycles. The van der Waals surface area contributed by atoms with Crippen LogP contribution in [0.25, 0.3) is 0 Å². The Morgan fingerprint density at radius 2 is 1.47 bits per heavy atom. The van der Waals surface area contributed by atoms with E-state index in [9.17, 15) is 18.4 Å². The summed E-state index contributed by atoms with van der Waals surface area (Å²) >= 11 is 0. The molecule has 9 heteroatoms. The van der Waals surface area contributed by atoms with E-state index >= 15 is 0 Å². The van der Waals surface area contributed by atoms with Gasteiger partial charge in [-0.05, 0) is 48.2 Å². The number of urea groups is 1. The van der Waals surface area contributed by atoms with Crippen molar-refractivity contribution in [3.63, 3.8) is 0 Å². The molecule has 1 aliphatic rings. The molecule has 1 saturated heterocycles. The fraction of sp³-hybridized carbons (Fsp3) is 0.440. The average Bonchev–Trinajstić information content (AvgIpc) is 2.84. The van der Waals surface area contributed by atoms with Crippen LogP contribution >= 0.6 is 0 Å². The van der Waals surface area contributed by atoms with E-state index in [2.05, 4.69) is 10.2 Å². The molecule has 1 aliphatic heterocycles. The summed E-state index contributed by atoms with van der Waals surface area (Å²) in [6.45, 7) is 2.75. The van der Waals surface area contributed by atoms with Crippen molar-refractivity contribution >= 4 is 11.9 Å². The zero-order valence-corrected chi connectivity index (χ0v) is 19.2. The summed E-state index contributed by atoms with van der Waals surface area (Å²) in [4.78, 5) is 27.4. The van der Waals surface area contributed by atoms with Gasteiger partial charge >= 0.3 is 6.03 Å². The van der Waals surface area contributed by atoms with E-state index in [1.54, 1.807) is 22.5 Å². The second kappa shape index (κ2) is 13.0. The Labute approximate surface area is 198 Å². The number of hydrogen-bond acceptors (Lipinski definition) is 4. The van der Waals surface area contributed by atoms with E-state index < -0.39 is 0 Å². The SMILES string of the molecule is O=C(CCCCCCNC(=O)N1CCN(C(c2cccc(F)c2)c2cccc(F)c2)CC1)NO. The Morgan fingerprint density at radius 3 is 2.03 bits per heavy atom. The van der Waals surface area contributed by atoms with Crippen LogP contribution in [0.2, 0.25) is 0 Å². The van der Waals surface area contributed by atoms with Crippen LogP contribution in [0, 0.1) is 11.6 Å². The van der Waals surface area contributed by atoms with E-state index in [0.29, 0.717) is 45.6 Å². The summed E-state index contributed by atoms with van der Waals surface area (Å²) < 4.78 is 27.9. The normalized spacial score (nSPS) is 14.3. The number of unbranched alkanes of at least 4 members (excludes halogenated alkanes) is 3. The first-order valence-electron chi connectivity index (χ1n) is 11.7. The highest BCUT2D eigenvalue weighted by atomic mass is 19.1. The first-order chi connectivity index (χ1) is 16.5. The number of piperazine rings is 1. The topological polar surface area (TPSA) is 84.9 Å². The van der Waals surface area contributed by atoms with Crippen LogP contribution in [0.15, 0.2) is 48.5 Å². The average molecular weight is 475 g/mol. The highest BCUT2D eigenvalue weighted by Crippen LogP contribution is 2.30. The molecule has 0 spiro atoms. The minimum Gasteiger partial charge on any atom is -0.338 e. The van der Waals surface area contributed by atoms with Gasteiger partial charge in [0.05, 0.1) is 6.04 Å². The quantitative estimate of drug-likeness (QED) is 0.278. The zero-order valence-electron chi connectivity index (χ0n) is 19.2. The molecule has 184 valence electrons. The molecule has 1 heterocycles. The van der Waals surface area contributed by atoms with Crippen LogP contribution in [0.3, 0.4) is 0 Å². The van der Waals surface area contributed by atoms with Crippen LogP contribution in [0.5, 0.6) is 0 Å². The van der Waals surface area contributed by atoms with Crippen molar-refractivity contribution < 1.29 is 23.6 Å². The highest BCUT2D eigenvalue weighted by molar-refractivity contribution is 5.74. The van der Waals surface area contributed by atoms with Gasteiger partial charge in [0.15, 0.2) is 0 Å². The lowest BCUT2D eigenvalue weighted by Crippen LogP contribution is -2.52. The monoisotopic (exact) mass is 474 g/mol. The number of carbonyl (C=O) groups is 2. The smallest absolute Gasteiger partial charge is 0.317 e. The number of hydrogen-bond donors (Lipinski definition) is 3. The molecule has 2 aromatic rings. The third kappa shape index (κ3) is 7.50. The molecule has 0 radical (unpaired) electrons. The largest absolute Gasteiger partial charge is 0.338 e. The third-order valence-corrected chi connectivity index (χ3v) is 6.03. The highest BCUT2D eigenvalue weighted by Gasteiger charge is 2.28. The Balaban J connectivity index is 1.49. The molecule has 3 amide bonds. The van der Waals surface area contributed by atoms with Gasteiger partial charge in [0, 0.05) is 39.1 Å². The lowest BCUT2D eigenvalue weighted by atomic mass is 9.96. The summed E-state index contributed by atoms with van der Waals surface area (Å²) in [7, 11) is 0. The first-order valence-corrected chi connectivity index (χ1v) is 11.7. The van der Waals surface area contributed by atoms with Crippen LogP contribution in [-0.2, 0) is 4.79 Å². The molecule has 7 nitrogen and oxygen atoms in total. The number of nitrogens with zero attached hydrogens (tertiary/aromatic N) is 2. The molecule has 34 heavy (non-hydrogen) atoms. The molecule has 0 aromatic heterocycles. The molecule has 0 aliphatic carbocycles. The second-order valence-electron chi connectivity index (χ2n) is 8.47. The minimum atomic E-state index is -0.385. The van der Waals surface area contributed by atoms with Gasteiger partial charge in [-0.3, -0.25) is 14.9 Å². The third-order valence-electron chi connectivity index (χ3n) is 6.03. The zero-order chi connectivity index (χ0) is 24.3. The van der Waals surface area contributed by atoms with Crippen molar-refractivity contribution in [1.29, 1.82) is 0 Å². The number of benzene rings is 2. The molecule has 1 fully saturated rings. The Morgan fingerprint density at radius 1 is 0.882 bits per heavy atom. The van der Waals surface area contributed by atoms with Gasteiger partial charge in [-0.25, -0.2) is 19.1 Å². The standard InChI is InChI=1S/C25H32F2N4O3/c26-21-9-5-7-19(17-21)24(20-8-6-10-22(27)18-20)30-13-15-31(16-14-30)25(33)28-12-4-2-1-3-11-23(32)29-34/h5-10,17-18,24,34H,1-4,11-16H2,(H,28,33)(H,29,32). The molecule has 0 bridgehead atoms. The maximum Gasteiger partial charge on any atom is 0.317 e. The number of halogens is 2. The number of amides is 3. The minimum absolute atomic E-state index is 0.118. The van der Waals surface area contributed by atoms with Gasteiger partial charge in [0.2, 0.25) is 5.91 Å². The number of hydroxylamine groups is 1. The molecule has 3 rings (SSSR count). The number of rotatable bonds is 10. The maximum atomic E-state index is 13.9. The van der Waals surface area contributed by atoms with E-state index in [4.69, 9.17) is 5.21 Å². The molecular weight excluding hydrogens is 442 g/mol. The molecule has 0 unspecified atom stereocenters. The first kappa shape index (κ1) is 25.6. The summed E-state index contributed by atoms with van der Waals surface area (Å²) in [6.07, 6.45) is 3.53. The number of nitrogens with one attached hydrogen (secondary N) is 2. The lowest BCUT2D eigenvalue weighted by molar-refractivity contribution is -0.129. The summed E-state index contributed by atoms with van der Waals surface area (Å²) in [6, 6.07) is 12.3. The predicted molar refractivity (Wildman–Crippen MR) is 124 cm³/mol. The van der Waals surface area contributed by atoms with Crippen LogP contribution in [-0.4, -0.2) is 59.7 Å². The van der Waals surface area contributed by atoms with Gasteiger partial charge in [0.25, 0.3) is 0 Å². The van der Waals surface area contributed by atoms with Crippen molar-refractivity contribution in [2.24, 2.45) is 0 Å². The second-order valence-corrected chi connectivity index (χ2v) is 8.47. The summed E-state index contributed by atoms with van der Waals surface area (Å²) in [5.41, 5.74) is 3.11. The van der Waals surface area contributed by atoms with Crippen molar-refractivity contribution in [2.45, 2.75) is 38.1 Å². The Bertz CT molecular complexity index is 906. The van der Waals surface area contributed by atoms with Crippen LogP contribution in [0.4, 0.5) is 13.6 Å². The van der Waals surface area contributed by atoms with Crippen LogP contribution < -0.4 is 10.8 Å². The summed E-state index contributed by atoms with van der Waals surface area (Å²) in [5.74, 6) is -1.06. The van der Waals surface area contributed by atoms with Crippen LogP contribution in [0.1, 0.15) is 49.3 Å². The van der Waals surface area contributed by atoms with E-state index in [1.165, 1.54) is 24.3 Å². The lowest BCUT2D eigenvalue weighted by Gasteiger charge is -2.39. The van der Waals surface area contributed by atoms with Crippen molar-refractivity contribution in [1.82, 2.24) is 20.6 Å². The van der Waals surface area contributed by atoms with Gasteiger partial charge in [-0.1, -0.05) is 37.1 Å². The molecule has 3 N–H and O–H groups in total. The Kier molecular flexibility index (Phi) is 9.78. The molecule has 0 atom stereocenters. The van der Waals surface area contributed by atoms with Gasteiger partial charge in [-0.2, -0.15) is 0 Å². The van der Waals surface area contributed by atoms with Gasteiger partial charge in [-0.15, -0.1) is 0 Å². The molecular formula is C25H32F2N4O3. The Hall–Kier alpha value is -3.04. The number of carbonyl (C=O) groups excluding carboxylic acids is 2. The fourth-order valence-corrected chi connectivity index (χ4v) is 4.28. The predicted octanol–water partition coefficient (Wildman–Crippen LogP) is 3.84. The van der Waals surface area contributed by atoms with Gasteiger partial charge in [0.1, 0.15) is 11.6 Å². The van der Waals surface area contributed by atoms with E-state index in [1.807, 2.05) is 12.1 Å². The van der Waals surface area contributed by atoms with E-state index in [-0.39, 0.29) is 29.6 Å².